The highest BCUT2D eigenvalue weighted by Crippen LogP contribution is 2.25. The van der Waals surface area contributed by atoms with Gasteiger partial charge in [-0.15, -0.1) is 0 Å². The largest absolute Gasteiger partial charge is 0.497 e. The lowest BCUT2D eigenvalue weighted by molar-refractivity contribution is -0.139. The number of hydrogen-bond acceptors (Lipinski definition) is 5. The molecule has 2 atom stereocenters. The topological polar surface area (TPSA) is 96.0 Å². The lowest BCUT2D eigenvalue weighted by Gasteiger charge is -2.32. The molecule has 3 aromatic rings. The Morgan fingerprint density at radius 1 is 0.923 bits per heavy atom. The Morgan fingerprint density at radius 3 is 2.10 bits per heavy atom. The van der Waals surface area contributed by atoms with Gasteiger partial charge in [0.2, 0.25) is 11.8 Å². The molecule has 9 heteroatoms. The highest BCUT2D eigenvalue weighted by molar-refractivity contribution is 7.92. The number of rotatable bonds is 12. The third kappa shape index (κ3) is 7.60. The maximum atomic E-state index is 13.9. The molecule has 8 nitrogen and oxygen atoms in total. The van der Waals surface area contributed by atoms with Gasteiger partial charge in [0.1, 0.15) is 18.3 Å². The molecule has 1 N–H and O–H groups in total. The number of benzene rings is 3. The summed E-state index contributed by atoms with van der Waals surface area (Å²) in [6.45, 7) is 7.02. The molecule has 0 aromatic heterocycles. The monoisotopic (exact) mass is 551 g/mol. The number of nitrogens with one attached hydrogen (secondary N) is 1. The van der Waals surface area contributed by atoms with Crippen LogP contribution in [0.1, 0.15) is 38.3 Å². The summed E-state index contributed by atoms with van der Waals surface area (Å²) >= 11 is 0. The predicted molar refractivity (Wildman–Crippen MR) is 153 cm³/mol. The standard InChI is InChI=1S/C30H37N3O5S/c1-6-23(3)31-30(35)24(4)32(20-25-14-16-27(38-5)17-15-25)29(34)21-33(26-10-8-7-9-11-26)39(36,37)28-18-12-22(2)13-19-28/h7-19,23-24H,6,20-21H2,1-5H3,(H,31,35)/t23-,24+/m1/s1. The molecule has 0 saturated carbocycles. The first kappa shape index (κ1) is 29.7. The van der Waals surface area contributed by atoms with Gasteiger partial charge in [0.15, 0.2) is 0 Å². The van der Waals surface area contributed by atoms with Gasteiger partial charge in [-0.25, -0.2) is 8.42 Å². The third-order valence-electron chi connectivity index (χ3n) is 6.61. The van der Waals surface area contributed by atoms with E-state index in [1.54, 1.807) is 68.6 Å². The van der Waals surface area contributed by atoms with Gasteiger partial charge in [0.25, 0.3) is 10.0 Å². The molecule has 39 heavy (non-hydrogen) atoms. The van der Waals surface area contributed by atoms with Gasteiger partial charge in [-0.05, 0) is 69.2 Å². The minimum Gasteiger partial charge on any atom is -0.497 e. The van der Waals surface area contributed by atoms with E-state index >= 15 is 0 Å². The smallest absolute Gasteiger partial charge is 0.264 e. The zero-order valence-corrected chi connectivity index (χ0v) is 23.9. The molecule has 0 unspecified atom stereocenters. The van der Waals surface area contributed by atoms with Gasteiger partial charge in [0.05, 0.1) is 17.7 Å². The first-order chi connectivity index (χ1) is 18.6. The number of anilines is 1. The first-order valence-corrected chi connectivity index (χ1v) is 14.4. The number of sulfonamides is 1. The van der Waals surface area contributed by atoms with Crippen LogP contribution in [0, 0.1) is 6.92 Å². The average Bonchev–Trinajstić information content (AvgIpc) is 2.94. The van der Waals surface area contributed by atoms with E-state index in [-0.39, 0.29) is 23.4 Å². The summed E-state index contributed by atoms with van der Waals surface area (Å²) < 4.78 is 33.9. The number of para-hydroxylation sites is 1. The zero-order valence-electron chi connectivity index (χ0n) is 23.1. The lowest BCUT2D eigenvalue weighted by atomic mass is 10.1. The molecule has 0 saturated heterocycles. The van der Waals surface area contributed by atoms with E-state index in [9.17, 15) is 18.0 Å². The number of aryl methyl sites for hydroxylation is 1. The van der Waals surface area contributed by atoms with Crippen LogP contribution in [0.15, 0.2) is 83.8 Å². The van der Waals surface area contributed by atoms with Crippen molar-refractivity contribution in [2.24, 2.45) is 0 Å². The van der Waals surface area contributed by atoms with Crippen molar-refractivity contribution >= 4 is 27.5 Å². The van der Waals surface area contributed by atoms with Crippen LogP contribution in [0.5, 0.6) is 5.75 Å². The Bertz CT molecular complexity index is 1340. The molecule has 208 valence electrons. The SMILES string of the molecule is CC[C@@H](C)NC(=O)[C@H](C)N(Cc1ccc(OC)cc1)C(=O)CN(c1ccccc1)S(=O)(=O)c1ccc(C)cc1. The number of carbonyl (C=O) groups is 2. The molecule has 3 rings (SSSR count). The van der Waals surface area contributed by atoms with E-state index in [0.29, 0.717) is 11.4 Å². The molecule has 0 aliphatic heterocycles. The second-order valence-corrected chi connectivity index (χ2v) is 11.4. The summed E-state index contributed by atoms with van der Waals surface area (Å²) in [6, 6.07) is 21.3. The summed E-state index contributed by atoms with van der Waals surface area (Å²) in [4.78, 5) is 28.5. The van der Waals surface area contributed by atoms with Crippen LogP contribution in [0.2, 0.25) is 0 Å². The Labute approximate surface area is 231 Å². The number of nitrogens with zero attached hydrogens (tertiary/aromatic N) is 2. The Kier molecular flexibility index (Phi) is 10.1. The van der Waals surface area contributed by atoms with Crippen molar-refractivity contribution in [2.45, 2.75) is 57.6 Å². The van der Waals surface area contributed by atoms with Gasteiger partial charge < -0.3 is 15.0 Å². The second-order valence-electron chi connectivity index (χ2n) is 9.52. The van der Waals surface area contributed by atoms with Crippen molar-refractivity contribution in [1.29, 1.82) is 0 Å². The van der Waals surface area contributed by atoms with Gasteiger partial charge in [0, 0.05) is 12.6 Å². The van der Waals surface area contributed by atoms with Crippen LogP contribution in [0.4, 0.5) is 5.69 Å². The first-order valence-electron chi connectivity index (χ1n) is 12.9. The fraction of sp³-hybridized carbons (Fsp3) is 0.333. The molecular formula is C30H37N3O5S. The highest BCUT2D eigenvalue weighted by atomic mass is 32.2. The average molecular weight is 552 g/mol. The Morgan fingerprint density at radius 2 is 1.54 bits per heavy atom. The van der Waals surface area contributed by atoms with Crippen molar-refractivity contribution in [3.05, 3.63) is 90.0 Å². The van der Waals surface area contributed by atoms with Crippen LogP contribution in [0.25, 0.3) is 0 Å². The molecule has 0 fully saturated rings. The zero-order chi connectivity index (χ0) is 28.6. The van der Waals surface area contributed by atoms with Crippen molar-refractivity contribution in [3.63, 3.8) is 0 Å². The summed E-state index contributed by atoms with van der Waals surface area (Å²) in [5.74, 6) is -0.144. The van der Waals surface area contributed by atoms with E-state index in [4.69, 9.17) is 4.74 Å². The van der Waals surface area contributed by atoms with Crippen LogP contribution in [-0.4, -0.2) is 50.9 Å². The number of carbonyl (C=O) groups excluding carboxylic acids is 2. The third-order valence-corrected chi connectivity index (χ3v) is 8.40. The molecule has 0 radical (unpaired) electrons. The molecule has 0 aliphatic carbocycles. The Hall–Kier alpha value is -3.85. The van der Waals surface area contributed by atoms with E-state index < -0.39 is 28.5 Å². The second kappa shape index (κ2) is 13.3. The molecule has 0 heterocycles. The van der Waals surface area contributed by atoms with Crippen molar-refractivity contribution in [2.75, 3.05) is 18.0 Å². The van der Waals surface area contributed by atoms with E-state index in [2.05, 4.69) is 5.32 Å². The molecule has 0 spiro atoms. The van der Waals surface area contributed by atoms with E-state index in [1.165, 1.54) is 17.0 Å². The van der Waals surface area contributed by atoms with E-state index in [1.807, 2.05) is 32.9 Å². The fourth-order valence-corrected chi connectivity index (χ4v) is 5.35. The van der Waals surface area contributed by atoms with Gasteiger partial charge >= 0.3 is 0 Å². The van der Waals surface area contributed by atoms with Crippen LogP contribution < -0.4 is 14.4 Å². The minimum absolute atomic E-state index is 0.0689. The van der Waals surface area contributed by atoms with Gasteiger partial charge in [-0.3, -0.25) is 13.9 Å². The van der Waals surface area contributed by atoms with Crippen LogP contribution >= 0.6 is 0 Å². The fourth-order valence-electron chi connectivity index (χ4n) is 3.94. The van der Waals surface area contributed by atoms with Crippen LogP contribution in [0.3, 0.4) is 0 Å². The normalized spacial score (nSPS) is 12.7. The van der Waals surface area contributed by atoms with E-state index in [0.717, 1.165) is 21.9 Å². The highest BCUT2D eigenvalue weighted by Gasteiger charge is 2.32. The van der Waals surface area contributed by atoms with Crippen LogP contribution in [-0.2, 0) is 26.2 Å². The predicted octanol–water partition coefficient (Wildman–Crippen LogP) is 4.53. The molecule has 3 aromatic carbocycles. The van der Waals surface area contributed by atoms with Gasteiger partial charge in [-0.1, -0.05) is 55.0 Å². The maximum Gasteiger partial charge on any atom is 0.264 e. The quantitative estimate of drug-likeness (QED) is 0.357. The maximum absolute atomic E-state index is 13.9. The van der Waals surface area contributed by atoms with Crippen molar-refractivity contribution in [3.8, 4) is 5.75 Å². The lowest BCUT2D eigenvalue weighted by Crippen LogP contribution is -2.52. The summed E-state index contributed by atoms with van der Waals surface area (Å²) in [5, 5.41) is 2.93. The number of hydrogen-bond donors (Lipinski definition) is 1. The van der Waals surface area contributed by atoms with Crippen molar-refractivity contribution < 1.29 is 22.7 Å². The Balaban J connectivity index is 1.99. The number of methoxy groups -OCH3 is 1. The molecule has 2 amide bonds. The number of amides is 2. The molecule has 0 bridgehead atoms. The van der Waals surface area contributed by atoms with Gasteiger partial charge in [-0.2, -0.15) is 0 Å². The molecule has 0 aliphatic rings. The summed E-state index contributed by atoms with van der Waals surface area (Å²) in [5.41, 5.74) is 2.05. The minimum atomic E-state index is -4.08. The summed E-state index contributed by atoms with van der Waals surface area (Å²) in [6.07, 6.45) is 0.738. The van der Waals surface area contributed by atoms with Crippen molar-refractivity contribution in [1.82, 2.24) is 10.2 Å². The summed E-state index contributed by atoms with van der Waals surface area (Å²) in [7, 11) is -2.51. The number of ether oxygens (including phenoxy) is 1. The molecular weight excluding hydrogens is 514 g/mol.